The molecule has 0 aliphatic carbocycles. The molecule has 3 aromatic rings. The summed E-state index contributed by atoms with van der Waals surface area (Å²) in [4.78, 5) is 9.21. The standard InChI is InChI=1S/C12H13N5O2S2/c1-8-7-14-12(20-8)16-21(18,19)11-10(13-2)15-9-5-3-4-6-17(9)11/h3-7,13H,1-2H3,(H,14,16). The van der Waals surface area contributed by atoms with Crippen LogP contribution in [0.5, 0.6) is 0 Å². The van der Waals surface area contributed by atoms with Crippen molar-refractivity contribution in [3.8, 4) is 0 Å². The molecule has 0 amide bonds. The fraction of sp³-hybridized carbons (Fsp3) is 0.167. The zero-order chi connectivity index (χ0) is 15.0. The molecule has 0 bridgehead atoms. The van der Waals surface area contributed by atoms with Gasteiger partial charge in [0.2, 0.25) is 5.03 Å². The van der Waals surface area contributed by atoms with E-state index in [1.165, 1.54) is 15.7 Å². The van der Waals surface area contributed by atoms with Crippen LogP contribution in [0.3, 0.4) is 0 Å². The normalized spacial score (nSPS) is 11.7. The van der Waals surface area contributed by atoms with Gasteiger partial charge >= 0.3 is 0 Å². The maximum atomic E-state index is 12.6. The van der Waals surface area contributed by atoms with Gasteiger partial charge in [-0.05, 0) is 19.1 Å². The third-order valence-corrected chi connectivity index (χ3v) is 5.14. The molecule has 21 heavy (non-hydrogen) atoms. The lowest BCUT2D eigenvalue weighted by atomic mass is 10.5. The Morgan fingerprint density at radius 2 is 2.14 bits per heavy atom. The molecule has 2 N–H and O–H groups in total. The van der Waals surface area contributed by atoms with Crippen LogP contribution in [0, 0.1) is 6.92 Å². The molecule has 3 rings (SSSR count). The van der Waals surface area contributed by atoms with E-state index >= 15 is 0 Å². The lowest BCUT2D eigenvalue weighted by Crippen LogP contribution is -2.16. The molecule has 0 aliphatic rings. The van der Waals surface area contributed by atoms with Gasteiger partial charge < -0.3 is 5.32 Å². The topological polar surface area (TPSA) is 88.4 Å². The Hall–Kier alpha value is -2.13. The van der Waals surface area contributed by atoms with Gasteiger partial charge in [-0.25, -0.2) is 9.97 Å². The number of hydrogen-bond acceptors (Lipinski definition) is 6. The third kappa shape index (κ3) is 2.45. The van der Waals surface area contributed by atoms with Crippen LogP contribution in [-0.4, -0.2) is 29.8 Å². The third-order valence-electron chi connectivity index (χ3n) is 2.82. The summed E-state index contributed by atoms with van der Waals surface area (Å²) in [6, 6.07) is 5.30. The molecule has 3 heterocycles. The average Bonchev–Trinajstić information content (AvgIpc) is 3.01. The summed E-state index contributed by atoms with van der Waals surface area (Å²) in [7, 11) is -2.16. The highest BCUT2D eigenvalue weighted by molar-refractivity contribution is 7.93. The van der Waals surface area contributed by atoms with Crippen molar-refractivity contribution in [1.82, 2.24) is 14.4 Å². The van der Waals surface area contributed by atoms with Gasteiger partial charge in [0.1, 0.15) is 5.65 Å². The Morgan fingerprint density at radius 3 is 2.81 bits per heavy atom. The molecule has 3 aromatic heterocycles. The number of aromatic nitrogens is 3. The minimum absolute atomic E-state index is 0.0634. The number of anilines is 2. The SMILES string of the molecule is CNc1nc2ccccn2c1S(=O)(=O)Nc1ncc(C)s1. The number of imidazole rings is 1. The number of aryl methyl sites for hydroxylation is 1. The summed E-state index contributed by atoms with van der Waals surface area (Å²) in [6.07, 6.45) is 3.28. The summed E-state index contributed by atoms with van der Waals surface area (Å²) in [5.74, 6) is 0.293. The number of fused-ring (bicyclic) bond motifs is 1. The van der Waals surface area contributed by atoms with Gasteiger partial charge in [-0.2, -0.15) is 8.42 Å². The Kier molecular flexibility index (Phi) is 3.30. The summed E-state index contributed by atoms with van der Waals surface area (Å²) < 4.78 is 29.3. The second-order valence-electron chi connectivity index (χ2n) is 4.33. The number of nitrogens with one attached hydrogen (secondary N) is 2. The van der Waals surface area contributed by atoms with E-state index in [1.807, 2.05) is 6.92 Å². The maximum absolute atomic E-state index is 12.6. The fourth-order valence-corrected chi connectivity index (χ4v) is 4.16. The number of thiazole rings is 1. The van der Waals surface area contributed by atoms with Crippen molar-refractivity contribution in [2.75, 3.05) is 17.1 Å². The number of nitrogens with zero attached hydrogens (tertiary/aromatic N) is 3. The van der Waals surface area contributed by atoms with E-state index in [-0.39, 0.29) is 5.03 Å². The number of pyridine rings is 1. The van der Waals surface area contributed by atoms with Crippen molar-refractivity contribution in [1.29, 1.82) is 0 Å². The highest BCUT2D eigenvalue weighted by atomic mass is 32.2. The summed E-state index contributed by atoms with van der Waals surface area (Å²) in [5.41, 5.74) is 0.553. The molecule has 0 unspecified atom stereocenters. The summed E-state index contributed by atoms with van der Waals surface area (Å²) in [5, 5.41) is 3.21. The highest BCUT2D eigenvalue weighted by Crippen LogP contribution is 2.26. The van der Waals surface area contributed by atoms with Crippen molar-refractivity contribution in [2.45, 2.75) is 11.9 Å². The predicted octanol–water partition coefficient (Wildman–Crippen LogP) is 1.94. The molecule has 9 heteroatoms. The van der Waals surface area contributed by atoms with E-state index in [9.17, 15) is 8.42 Å². The minimum atomic E-state index is -3.79. The van der Waals surface area contributed by atoms with E-state index in [1.54, 1.807) is 37.6 Å². The van der Waals surface area contributed by atoms with Gasteiger partial charge in [-0.15, -0.1) is 11.3 Å². The molecule has 0 spiro atoms. The smallest absolute Gasteiger partial charge is 0.283 e. The molecule has 0 atom stereocenters. The first-order valence-electron chi connectivity index (χ1n) is 6.11. The van der Waals surface area contributed by atoms with Gasteiger partial charge in [0.05, 0.1) is 0 Å². The van der Waals surface area contributed by atoms with Gasteiger partial charge in [0.25, 0.3) is 10.0 Å². The molecule has 7 nitrogen and oxygen atoms in total. The minimum Gasteiger partial charge on any atom is -0.371 e. The van der Waals surface area contributed by atoms with Crippen molar-refractivity contribution >= 4 is 38.0 Å². The van der Waals surface area contributed by atoms with Crippen LogP contribution >= 0.6 is 11.3 Å². The lowest BCUT2D eigenvalue weighted by Gasteiger charge is -2.06. The Bertz CT molecular complexity index is 897. The second-order valence-corrected chi connectivity index (χ2v) is 7.16. The summed E-state index contributed by atoms with van der Waals surface area (Å²) in [6.45, 7) is 1.86. The van der Waals surface area contributed by atoms with E-state index in [4.69, 9.17) is 0 Å². The number of hydrogen-bond donors (Lipinski definition) is 2. The van der Waals surface area contributed by atoms with Gasteiger partial charge in [-0.1, -0.05) is 6.07 Å². The Balaban J connectivity index is 2.13. The molecule has 110 valence electrons. The number of rotatable bonds is 4. The second kappa shape index (κ2) is 5.01. The summed E-state index contributed by atoms with van der Waals surface area (Å²) >= 11 is 1.28. The fourth-order valence-electron chi connectivity index (χ4n) is 1.96. The van der Waals surface area contributed by atoms with Crippen LogP contribution < -0.4 is 10.0 Å². The molecule has 0 fully saturated rings. The molecule has 0 saturated heterocycles. The van der Waals surface area contributed by atoms with Crippen LogP contribution in [-0.2, 0) is 10.0 Å². The van der Waals surface area contributed by atoms with E-state index in [0.29, 0.717) is 16.6 Å². The van der Waals surface area contributed by atoms with E-state index in [2.05, 4.69) is 20.0 Å². The molecule has 0 aliphatic heterocycles. The zero-order valence-corrected chi connectivity index (χ0v) is 13.0. The highest BCUT2D eigenvalue weighted by Gasteiger charge is 2.25. The van der Waals surface area contributed by atoms with Crippen molar-refractivity contribution in [3.63, 3.8) is 0 Å². The average molecular weight is 323 g/mol. The molecular formula is C12H13N5O2S2. The quantitative estimate of drug-likeness (QED) is 0.766. The van der Waals surface area contributed by atoms with Crippen LogP contribution in [0.1, 0.15) is 4.88 Å². The van der Waals surface area contributed by atoms with Gasteiger partial charge in [0, 0.05) is 24.3 Å². The Labute approximate surface area is 125 Å². The predicted molar refractivity (Wildman–Crippen MR) is 82.4 cm³/mol. The Morgan fingerprint density at radius 1 is 1.33 bits per heavy atom. The van der Waals surface area contributed by atoms with E-state index < -0.39 is 10.0 Å². The van der Waals surface area contributed by atoms with Crippen molar-refractivity contribution < 1.29 is 8.42 Å². The van der Waals surface area contributed by atoms with Crippen LogP contribution in [0.15, 0.2) is 35.6 Å². The molecular weight excluding hydrogens is 310 g/mol. The van der Waals surface area contributed by atoms with Gasteiger partial charge in [-0.3, -0.25) is 9.12 Å². The van der Waals surface area contributed by atoms with Crippen molar-refractivity contribution in [3.05, 3.63) is 35.5 Å². The maximum Gasteiger partial charge on any atom is 0.283 e. The van der Waals surface area contributed by atoms with Gasteiger partial charge in [0.15, 0.2) is 10.9 Å². The monoisotopic (exact) mass is 323 g/mol. The van der Waals surface area contributed by atoms with Crippen molar-refractivity contribution in [2.24, 2.45) is 0 Å². The lowest BCUT2D eigenvalue weighted by molar-refractivity contribution is 0.597. The first-order valence-corrected chi connectivity index (χ1v) is 8.41. The van der Waals surface area contributed by atoms with Crippen LogP contribution in [0.25, 0.3) is 5.65 Å². The number of sulfonamides is 1. The van der Waals surface area contributed by atoms with Crippen LogP contribution in [0.4, 0.5) is 10.9 Å². The molecule has 0 radical (unpaired) electrons. The van der Waals surface area contributed by atoms with Crippen LogP contribution in [0.2, 0.25) is 0 Å². The van der Waals surface area contributed by atoms with E-state index in [0.717, 1.165) is 4.88 Å². The molecule has 0 saturated carbocycles. The zero-order valence-electron chi connectivity index (χ0n) is 11.4. The first kappa shape index (κ1) is 13.8. The largest absolute Gasteiger partial charge is 0.371 e. The first-order chi connectivity index (χ1) is 10.0. The molecule has 0 aromatic carbocycles.